The van der Waals surface area contributed by atoms with Crippen molar-refractivity contribution in [2.24, 2.45) is 0 Å². The van der Waals surface area contributed by atoms with Crippen LogP contribution >= 0.6 is 0 Å². The van der Waals surface area contributed by atoms with Crippen LogP contribution in [0, 0.1) is 0 Å². The summed E-state index contributed by atoms with van der Waals surface area (Å²) in [5.41, 5.74) is 11.0. The van der Waals surface area contributed by atoms with Crippen LogP contribution in [0.2, 0.25) is 0 Å². The van der Waals surface area contributed by atoms with Crippen LogP contribution in [-0.4, -0.2) is 19.1 Å². The molecule has 224 valence electrons. The first kappa shape index (κ1) is 26.7. The molecule has 4 heteroatoms. The molecule has 0 aliphatic heterocycles. The van der Waals surface area contributed by atoms with E-state index in [2.05, 4.69) is 161 Å². The van der Waals surface area contributed by atoms with Crippen LogP contribution in [0.3, 0.4) is 0 Å². The lowest BCUT2D eigenvalue weighted by Crippen LogP contribution is -1.97. The highest BCUT2D eigenvalue weighted by Gasteiger charge is 2.21. The van der Waals surface area contributed by atoms with E-state index in [9.17, 15) is 0 Å². The zero-order chi connectivity index (χ0) is 31.6. The predicted molar refractivity (Wildman–Crippen MR) is 199 cm³/mol. The van der Waals surface area contributed by atoms with E-state index < -0.39 is 0 Å². The number of para-hydroxylation sites is 4. The Morgan fingerprint density at radius 1 is 0.354 bits per heavy atom. The average molecular weight is 613 g/mol. The van der Waals surface area contributed by atoms with Gasteiger partial charge >= 0.3 is 0 Å². The van der Waals surface area contributed by atoms with Gasteiger partial charge in [0, 0.05) is 49.4 Å². The molecule has 0 amide bonds. The lowest BCUT2D eigenvalue weighted by molar-refractivity contribution is 1.17. The summed E-state index contributed by atoms with van der Waals surface area (Å²) in [4.78, 5) is 10.1. The van der Waals surface area contributed by atoms with Crippen LogP contribution in [0.15, 0.2) is 170 Å². The highest BCUT2D eigenvalue weighted by atomic mass is 15.0. The molecule has 48 heavy (non-hydrogen) atoms. The van der Waals surface area contributed by atoms with Gasteiger partial charge in [0.05, 0.1) is 33.3 Å². The topological polar surface area (TPSA) is 35.6 Å². The number of benzene rings is 7. The maximum atomic E-state index is 5.11. The molecule has 4 nitrogen and oxygen atoms in total. The fourth-order valence-electron chi connectivity index (χ4n) is 7.41. The largest absolute Gasteiger partial charge is 0.309 e. The SMILES string of the molecule is c1ccc(-c2nc(-c3ccc(-n4c5ccccc5c5c4ccc4c6ccccc6n(-c6ccccc6)c45)cc3)nc3ccccc23)cc1. The van der Waals surface area contributed by atoms with Crippen LogP contribution < -0.4 is 0 Å². The number of hydrogen-bond donors (Lipinski definition) is 0. The maximum Gasteiger partial charge on any atom is 0.160 e. The second kappa shape index (κ2) is 10.5. The van der Waals surface area contributed by atoms with Crippen molar-refractivity contribution in [1.82, 2.24) is 19.1 Å². The van der Waals surface area contributed by atoms with Crippen molar-refractivity contribution in [3.63, 3.8) is 0 Å². The Hall–Kier alpha value is -6.52. The first-order valence-corrected chi connectivity index (χ1v) is 16.3. The lowest BCUT2D eigenvalue weighted by atomic mass is 10.1. The van der Waals surface area contributed by atoms with E-state index in [1.807, 2.05) is 18.2 Å². The van der Waals surface area contributed by atoms with E-state index in [-0.39, 0.29) is 0 Å². The van der Waals surface area contributed by atoms with Crippen molar-refractivity contribution in [1.29, 1.82) is 0 Å². The third-order valence-electron chi connectivity index (χ3n) is 9.52. The second-order valence-corrected chi connectivity index (χ2v) is 12.2. The third-order valence-corrected chi connectivity index (χ3v) is 9.52. The Kier molecular flexibility index (Phi) is 5.84. The van der Waals surface area contributed by atoms with E-state index >= 15 is 0 Å². The molecule has 10 aromatic rings. The van der Waals surface area contributed by atoms with Gasteiger partial charge in [0.2, 0.25) is 0 Å². The molecular formula is C44H28N4. The van der Waals surface area contributed by atoms with Crippen molar-refractivity contribution in [3.8, 4) is 34.0 Å². The zero-order valence-corrected chi connectivity index (χ0v) is 26.0. The van der Waals surface area contributed by atoms with Gasteiger partial charge in [-0.15, -0.1) is 0 Å². The van der Waals surface area contributed by atoms with E-state index in [1.165, 1.54) is 43.6 Å². The van der Waals surface area contributed by atoms with Crippen LogP contribution in [0.1, 0.15) is 0 Å². The molecule has 0 saturated carbocycles. The molecule has 10 rings (SSSR count). The van der Waals surface area contributed by atoms with E-state index in [1.54, 1.807) is 0 Å². The first-order chi connectivity index (χ1) is 23.8. The monoisotopic (exact) mass is 612 g/mol. The van der Waals surface area contributed by atoms with Gasteiger partial charge < -0.3 is 9.13 Å². The summed E-state index contributed by atoms with van der Waals surface area (Å²) in [7, 11) is 0. The van der Waals surface area contributed by atoms with Gasteiger partial charge in [-0.2, -0.15) is 0 Å². The molecular weight excluding hydrogens is 585 g/mol. The molecule has 0 N–H and O–H groups in total. The summed E-state index contributed by atoms with van der Waals surface area (Å²) in [6.45, 7) is 0. The molecule has 3 heterocycles. The lowest BCUT2D eigenvalue weighted by Gasteiger charge is -2.11. The normalized spacial score (nSPS) is 11.8. The van der Waals surface area contributed by atoms with Gasteiger partial charge in [0.1, 0.15) is 0 Å². The summed E-state index contributed by atoms with van der Waals surface area (Å²) >= 11 is 0. The van der Waals surface area contributed by atoms with Crippen molar-refractivity contribution in [2.75, 3.05) is 0 Å². The summed E-state index contributed by atoms with van der Waals surface area (Å²) in [6, 6.07) is 60.0. The Balaban J connectivity index is 1.19. The maximum absolute atomic E-state index is 5.11. The minimum Gasteiger partial charge on any atom is -0.309 e. The number of nitrogens with zero attached hydrogens (tertiary/aromatic N) is 4. The smallest absolute Gasteiger partial charge is 0.160 e. The number of hydrogen-bond acceptors (Lipinski definition) is 2. The zero-order valence-electron chi connectivity index (χ0n) is 26.0. The van der Waals surface area contributed by atoms with Crippen molar-refractivity contribution in [3.05, 3.63) is 170 Å². The van der Waals surface area contributed by atoms with E-state index in [4.69, 9.17) is 9.97 Å². The minimum atomic E-state index is 0.718. The fourth-order valence-corrected chi connectivity index (χ4v) is 7.41. The molecule has 0 atom stereocenters. The minimum absolute atomic E-state index is 0.718. The Labute approximate surface area is 276 Å². The van der Waals surface area contributed by atoms with Crippen LogP contribution in [0.4, 0.5) is 0 Å². The molecule has 0 bridgehead atoms. The quantitative estimate of drug-likeness (QED) is 0.198. The van der Waals surface area contributed by atoms with Crippen molar-refractivity contribution >= 4 is 54.5 Å². The van der Waals surface area contributed by atoms with Crippen LogP contribution in [0.5, 0.6) is 0 Å². The molecule has 0 radical (unpaired) electrons. The summed E-state index contributed by atoms with van der Waals surface area (Å²) in [5.74, 6) is 0.718. The van der Waals surface area contributed by atoms with Gasteiger partial charge in [0.15, 0.2) is 5.82 Å². The van der Waals surface area contributed by atoms with Crippen molar-refractivity contribution in [2.45, 2.75) is 0 Å². The third kappa shape index (κ3) is 3.96. The summed E-state index contributed by atoms with van der Waals surface area (Å²) < 4.78 is 4.81. The van der Waals surface area contributed by atoms with E-state index in [0.717, 1.165) is 44.9 Å². The van der Waals surface area contributed by atoms with Crippen LogP contribution in [-0.2, 0) is 0 Å². The Bertz CT molecular complexity index is 2810. The highest BCUT2D eigenvalue weighted by Crippen LogP contribution is 2.42. The molecule has 0 aliphatic rings. The molecule has 0 saturated heterocycles. The predicted octanol–water partition coefficient (Wildman–Crippen LogP) is 11.2. The van der Waals surface area contributed by atoms with Gasteiger partial charge in [0.25, 0.3) is 0 Å². The molecule has 0 aliphatic carbocycles. The van der Waals surface area contributed by atoms with E-state index in [0.29, 0.717) is 0 Å². The number of aromatic nitrogens is 4. The molecule has 7 aromatic carbocycles. The summed E-state index contributed by atoms with van der Waals surface area (Å²) in [5, 5.41) is 6.03. The molecule has 0 fully saturated rings. The van der Waals surface area contributed by atoms with Crippen LogP contribution in [0.25, 0.3) is 88.5 Å². The number of fused-ring (bicyclic) bond motifs is 8. The van der Waals surface area contributed by atoms with Gasteiger partial charge in [-0.3, -0.25) is 0 Å². The first-order valence-electron chi connectivity index (χ1n) is 16.3. The number of rotatable bonds is 4. The van der Waals surface area contributed by atoms with Gasteiger partial charge in [-0.05, 0) is 60.7 Å². The highest BCUT2D eigenvalue weighted by molar-refractivity contribution is 6.26. The fraction of sp³-hybridized carbons (Fsp3) is 0. The molecule has 0 spiro atoms. The van der Waals surface area contributed by atoms with Gasteiger partial charge in [-0.1, -0.05) is 109 Å². The van der Waals surface area contributed by atoms with Gasteiger partial charge in [-0.25, -0.2) is 9.97 Å². The molecule has 3 aromatic heterocycles. The average Bonchev–Trinajstić information content (AvgIpc) is 3.68. The standard InChI is InChI=1S/C44H28N4/c1-3-13-29(14-4-1)42-35-18-7-10-20-37(35)45-44(46-42)30-23-25-32(26-24-30)47-39-22-12-9-19-36(39)41-40(47)28-27-34-33-17-8-11-21-38(33)48(43(34)41)31-15-5-2-6-16-31/h1-28H. The second-order valence-electron chi connectivity index (χ2n) is 12.2. The Morgan fingerprint density at radius 3 is 1.73 bits per heavy atom. The van der Waals surface area contributed by atoms with Crippen molar-refractivity contribution < 1.29 is 0 Å². The summed E-state index contributed by atoms with van der Waals surface area (Å²) in [6.07, 6.45) is 0. The Morgan fingerprint density at radius 2 is 0.958 bits per heavy atom. The molecule has 0 unspecified atom stereocenters.